The van der Waals surface area contributed by atoms with E-state index in [4.69, 9.17) is 11.6 Å². The molecule has 1 aliphatic rings. The Hall–Kier alpha value is -1.08. The first kappa shape index (κ1) is 8.52. The Kier molecular flexibility index (Phi) is 1.97. The molecule has 0 heterocycles. The standard InChI is InChI=1S/C11H9ClO/c1-7(13)10-5-8-3-2-4-9(8)6-11(10)12/h2-3,5-6H,4H2,1H3. The van der Waals surface area contributed by atoms with E-state index in [0.717, 1.165) is 12.0 Å². The Morgan fingerprint density at radius 1 is 1.46 bits per heavy atom. The third-order valence-electron chi connectivity index (χ3n) is 2.24. The van der Waals surface area contributed by atoms with Crippen molar-refractivity contribution in [2.75, 3.05) is 0 Å². The van der Waals surface area contributed by atoms with Gasteiger partial charge in [0, 0.05) is 5.56 Å². The number of allylic oxidation sites excluding steroid dienone is 1. The maximum absolute atomic E-state index is 11.2. The van der Waals surface area contributed by atoms with Gasteiger partial charge in [-0.15, -0.1) is 0 Å². The average molecular weight is 193 g/mol. The second-order valence-corrected chi connectivity index (χ2v) is 3.60. The first-order valence-corrected chi connectivity index (χ1v) is 4.56. The lowest BCUT2D eigenvalue weighted by molar-refractivity contribution is 0.101. The summed E-state index contributed by atoms with van der Waals surface area (Å²) in [6, 6.07) is 3.75. The fourth-order valence-electron chi connectivity index (χ4n) is 1.55. The monoisotopic (exact) mass is 192 g/mol. The second-order valence-electron chi connectivity index (χ2n) is 3.19. The summed E-state index contributed by atoms with van der Waals surface area (Å²) in [5.74, 6) is 0.0214. The van der Waals surface area contributed by atoms with Crippen molar-refractivity contribution in [1.82, 2.24) is 0 Å². The summed E-state index contributed by atoms with van der Waals surface area (Å²) >= 11 is 5.95. The van der Waals surface area contributed by atoms with E-state index < -0.39 is 0 Å². The molecule has 1 aliphatic carbocycles. The summed E-state index contributed by atoms with van der Waals surface area (Å²) < 4.78 is 0. The number of carbonyl (C=O) groups excluding carboxylic acids is 1. The number of Topliss-reactive ketones (excluding diaryl/α,β-unsaturated/α-hetero) is 1. The fourth-order valence-corrected chi connectivity index (χ4v) is 1.87. The number of hydrogen-bond acceptors (Lipinski definition) is 1. The van der Waals surface area contributed by atoms with Crippen LogP contribution in [0.25, 0.3) is 6.08 Å². The summed E-state index contributed by atoms with van der Waals surface area (Å²) in [6.45, 7) is 1.53. The van der Waals surface area contributed by atoms with Gasteiger partial charge < -0.3 is 0 Å². The zero-order valence-corrected chi connectivity index (χ0v) is 8.06. The van der Waals surface area contributed by atoms with Crippen LogP contribution >= 0.6 is 11.6 Å². The van der Waals surface area contributed by atoms with Crippen LogP contribution in [-0.4, -0.2) is 5.78 Å². The van der Waals surface area contributed by atoms with Crippen molar-refractivity contribution >= 4 is 23.5 Å². The minimum Gasteiger partial charge on any atom is -0.294 e. The lowest BCUT2D eigenvalue weighted by Gasteiger charge is -2.04. The van der Waals surface area contributed by atoms with Gasteiger partial charge >= 0.3 is 0 Å². The molecule has 0 amide bonds. The molecule has 66 valence electrons. The van der Waals surface area contributed by atoms with Crippen LogP contribution in [0.15, 0.2) is 18.2 Å². The average Bonchev–Trinajstić information content (AvgIpc) is 2.48. The molecule has 0 fully saturated rings. The molecule has 0 bridgehead atoms. The molecule has 2 heteroatoms. The smallest absolute Gasteiger partial charge is 0.161 e. The number of fused-ring (bicyclic) bond motifs is 1. The highest BCUT2D eigenvalue weighted by atomic mass is 35.5. The molecule has 0 saturated carbocycles. The van der Waals surface area contributed by atoms with E-state index in [1.807, 2.05) is 18.2 Å². The van der Waals surface area contributed by atoms with Crippen molar-refractivity contribution in [2.45, 2.75) is 13.3 Å². The van der Waals surface area contributed by atoms with Gasteiger partial charge in [0.1, 0.15) is 0 Å². The minimum absolute atomic E-state index is 0.0214. The third kappa shape index (κ3) is 1.40. The molecule has 0 radical (unpaired) electrons. The molecule has 13 heavy (non-hydrogen) atoms. The van der Waals surface area contributed by atoms with Crippen LogP contribution < -0.4 is 0 Å². The third-order valence-corrected chi connectivity index (χ3v) is 2.56. The summed E-state index contributed by atoms with van der Waals surface area (Å²) in [5.41, 5.74) is 2.94. The number of hydrogen-bond donors (Lipinski definition) is 0. The van der Waals surface area contributed by atoms with Gasteiger partial charge in [-0.05, 0) is 36.6 Å². The van der Waals surface area contributed by atoms with E-state index in [-0.39, 0.29) is 5.78 Å². The number of rotatable bonds is 1. The van der Waals surface area contributed by atoms with Crippen LogP contribution in [0, 0.1) is 0 Å². The molecule has 0 N–H and O–H groups in total. The van der Waals surface area contributed by atoms with E-state index in [9.17, 15) is 4.79 Å². The molecule has 0 unspecified atom stereocenters. The quantitative estimate of drug-likeness (QED) is 0.625. The van der Waals surface area contributed by atoms with Crippen LogP contribution in [0.5, 0.6) is 0 Å². The lowest BCUT2D eigenvalue weighted by Crippen LogP contribution is -1.95. The molecule has 1 nitrogen and oxygen atoms in total. The molecule has 2 rings (SSSR count). The summed E-state index contributed by atoms with van der Waals surface area (Å²) in [6.07, 6.45) is 5.02. The number of ketones is 1. The van der Waals surface area contributed by atoms with Gasteiger partial charge in [-0.3, -0.25) is 4.79 Å². The fraction of sp³-hybridized carbons (Fsp3) is 0.182. The van der Waals surface area contributed by atoms with E-state index >= 15 is 0 Å². The van der Waals surface area contributed by atoms with Gasteiger partial charge in [-0.2, -0.15) is 0 Å². The van der Waals surface area contributed by atoms with Crippen molar-refractivity contribution in [2.24, 2.45) is 0 Å². The Morgan fingerprint density at radius 2 is 2.23 bits per heavy atom. The van der Waals surface area contributed by atoms with Crippen molar-refractivity contribution in [3.05, 3.63) is 39.9 Å². The zero-order chi connectivity index (χ0) is 9.42. The normalized spacial score (nSPS) is 13.1. The first-order valence-electron chi connectivity index (χ1n) is 4.18. The Labute approximate surface area is 82.0 Å². The van der Waals surface area contributed by atoms with Crippen LogP contribution in [0.3, 0.4) is 0 Å². The van der Waals surface area contributed by atoms with Gasteiger partial charge in [-0.1, -0.05) is 23.8 Å². The number of benzene rings is 1. The SMILES string of the molecule is CC(=O)c1cc2c(cc1Cl)CC=C2. The molecule has 0 spiro atoms. The molecular formula is C11H9ClO. The predicted octanol–water partition coefficient (Wildman–Crippen LogP) is 3.11. The second kappa shape index (κ2) is 3.00. The summed E-state index contributed by atoms with van der Waals surface area (Å²) in [7, 11) is 0. The predicted molar refractivity (Wildman–Crippen MR) is 54.2 cm³/mol. The Morgan fingerprint density at radius 3 is 2.92 bits per heavy atom. The lowest BCUT2D eigenvalue weighted by atomic mass is 10.0. The maximum Gasteiger partial charge on any atom is 0.161 e. The summed E-state index contributed by atoms with van der Waals surface area (Å²) in [5, 5.41) is 0.565. The first-order chi connectivity index (χ1) is 6.18. The van der Waals surface area contributed by atoms with Crippen LogP contribution in [0.4, 0.5) is 0 Å². The highest BCUT2D eigenvalue weighted by molar-refractivity contribution is 6.34. The van der Waals surface area contributed by atoms with Crippen LogP contribution in [0.1, 0.15) is 28.4 Å². The molecule has 0 aromatic heterocycles. The van der Waals surface area contributed by atoms with Crippen molar-refractivity contribution < 1.29 is 4.79 Å². The van der Waals surface area contributed by atoms with Gasteiger partial charge in [0.25, 0.3) is 0 Å². The zero-order valence-electron chi connectivity index (χ0n) is 7.30. The van der Waals surface area contributed by atoms with Gasteiger partial charge in [0.05, 0.1) is 5.02 Å². The van der Waals surface area contributed by atoms with Gasteiger partial charge in [0.2, 0.25) is 0 Å². The highest BCUT2D eigenvalue weighted by Crippen LogP contribution is 2.27. The van der Waals surface area contributed by atoms with E-state index in [1.54, 1.807) is 0 Å². The summed E-state index contributed by atoms with van der Waals surface area (Å²) in [4.78, 5) is 11.2. The molecule has 0 aliphatic heterocycles. The Bertz CT molecular complexity index is 405. The van der Waals surface area contributed by atoms with Crippen molar-refractivity contribution in [3.8, 4) is 0 Å². The molecule has 0 saturated heterocycles. The van der Waals surface area contributed by atoms with Gasteiger partial charge in [-0.25, -0.2) is 0 Å². The molecule has 0 atom stereocenters. The van der Waals surface area contributed by atoms with E-state index in [0.29, 0.717) is 10.6 Å². The maximum atomic E-state index is 11.2. The Balaban J connectivity index is 2.60. The molecule has 1 aromatic carbocycles. The van der Waals surface area contributed by atoms with E-state index in [2.05, 4.69) is 6.08 Å². The highest BCUT2D eigenvalue weighted by Gasteiger charge is 2.11. The number of carbonyl (C=O) groups is 1. The van der Waals surface area contributed by atoms with Crippen LogP contribution in [0.2, 0.25) is 5.02 Å². The van der Waals surface area contributed by atoms with Crippen molar-refractivity contribution in [1.29, 1.82) is 0 Å². The van der Waals surface area contributed by atoms with E-state index in [1.165, 1.54) is 12.5 Å². The van der Waals surface area contributed by atoms with Crippen molar-refractivity contribution in [3.63, 3.8) is 0 Å². The topological polar surface area (TPSA) is 17.1 Å². The largest absolute Gasteiger partial charge is 0.294 e. The minimum atomic E-state index is 0.0214. The molecular weight excluding hydrogens is 184 g/mol. The van der Waals surface area contributed by atoms with Gasteiger partial charge in [0.15, 0.2) is 5.78 Å². The van der Waals surface area contributed by atoms with Crippen LogP contribution in [-0.2, 0) is 6.42 Å². The molecule has 1 aromatic rings. The number of halogens is 1.